The van der Waals surface area contributed by atoms with Crippen molar-refractivity contribution in [3.05, 3.63) is 59.2 Å². The lowest BCUT2D eigenvalue weighted by Crippen LogP contribution is -2.28. The van der Waals surface area contributed by atoms with E-state index < -0.39 is 10.0 Å². The summed E-state index contributed by atoms with van der Waals surface area (Å²) in [6.45, 7) is 5.70. The highest BCUT2D eigenvalue weighted by Crippen LogP contribution is 2.18. The maximum Gasteiger partial charge on any atom is 0.240 e. The van der Waals surface area contributed by atoms with Crippen molar-refractivity contribution in [1.82, 2.24) is 4.72 Å². The molecule has 0 spiro atoms. The summed E-state index contributed by atoms with van der Waals surface area (Å²) in [6, 6.07) is 11.8. The Morgan fingerprint density at radius 3 is 2.54 bits per heavy atom. The number of Topliss-reactive ketones (excluding diaryl/α,β-unsaturated/α-hetero) is 1. The number of ketones is 1. The van der Waals surface area contributed by atoms with Gasteiger partial charge in [0.2, 0.25) is 10.0 Å². The Hall–Kier alpha value is -2.18. The Bertz CT molecular complexity index is 844. The fourth-order valence-electron chi connectivity index (χ4n) is 2.26. The molecule has 2 aromatic carbocycles. The molecule has 0 aliphatic carbocycles. The van der Waals surface area contributed by atoms with Gasteiger partial charge in [-0.25, -0.2) is 13.1 Å². The molecule has 0 fully saturated rings. The number of ether oxygens (including phenoxy) is 1. The number of nitrogens with one attached hydrogen (secondary N) is 1. The molecule has 0 aromatic heterocycles. The van der Waals surface area contributed by atoms with Crippen LogP contribution in [0.2, 0.25) is 0 Å². The van der Waals surface area contributed by atoms with Gasteiger partial charge in [-0.15, -0.1) is 0 Å². The Balaban J connectivity index is 1.95. The van der Waals surface area contributed by atoms with E-state index in [2.05, 4.69) is 4.72 Å². The molecule has 0 atom stereocenters. The quantitative estimate of drug-likeness (QED) is 0.617. The lowest BCUT2D eigenvalue weighted by molar-refractivity contribution is 0.101. The van der Waals surface area contributed by atoms with Gasteiger partial charge in [0.1, 0.15) is 12.4 Å². The van der Waals surface area contributed by atoms with E-state index in [1.165, 1.54) is 19.1 Å². The van der Waals surface area contributed by atoms with E-state index in [1.54, 1.807) is 12.1 Å². The van der Waals surface area contributed by atoms with Crippen LogP contribution in [0.15, 0.2) is 47.4 Å². The first-order valence-corrected chi connectivity index (χ1v) is 9.08. The van der Waals surface area contributed by atoms with Crippen LogP contribution in [0.4, 0.5) is 0 Å². The SMILES string of the molecule is CC(=O)c1cccc(S(=O)(=O)NCCOc2ccc(C)cc2C)c1. The molecule has 0 saturated carbocycles. The summed E-state index contributed by atoms with van der Waals surface area (Å²) < 4.78 is 32.6. The van der Waals surface area contributed by atoms with Gasteiger partial charge < -0.3 is 4.74 Å². The minimum absolute atomic E-state index is 0.0710. The van der Waals surface area contributed by atoms with E-state index in [1.807, 2.05) is 32.0 Å². The number of rotatable bonds is 7. The highest BCUT2D eigenvalue weighted by atomic mass is 32.2. The summed E-state index contributed by atoms with van der Waals surface area (Å²) in [5.41, 5.74) is 2.52. The molecule has 24 heavy (non-hydrogen) atoms. The van der Waals surface area contributed by atoms with E-state index in [0.29, 0.717) is 5.56 Å². The van der Waals surface area contributed by atoms with Crippen LogP contribution in [-0.4, -0.2) is 27.4 Å². The second kappa shape index (κ2) is 7.59. The van der Waals surface area contributed by atoms with Crippen LogP contribution in [0.3, 0.4) is 0 Å². The van der Waals surface area contributed by atoms with E-state index in [4.69, 9.17) is 4.74 Å². The van der Waals surface area contributed by atoms with E-state index in [-0.39, 0.29) is 23.8 Å². The molecular formula is C18H21NO4S. The summed E-state index contributed by atoms with van der Waals surface area (Å²) >= 11 is 0. The van der Waals surface area contributed by atoms with Gasteiger partial charge in [0.15, 0.2) is 5.78 Å². The number of benzene rings is 2. The molecule has 0 saturated heterocycles. The molecule has 5 nitrogen and oxygen atoms in total. The molecule has 0 heterocycles. The molecule has 0 aliphatic rings. The lowest BCUT2D eigenvalue weighted by atomic mass is 10.1. The molecule has 128 valence electrons. The molecule has 0 radical (unpaired) electrons. The highest BCUT2D eigenvalue weighted by molar-refractivity contribution is 7.89. The van der Waals surface area contributed by atoms with Crippen LogP contribution in [-0.2, 0) is 10.0 Å². The van der Waals surface area contributed by atoms with Crippen molar-refractivity contribution in [2.45, 2.75) is 25.7 Å². The lowest BCUT2D eigenvalue weighted by Gasteiger charge is -2.11. The Labute approximate surface area is 142 Å². The minimum atomic E-state index is -3.67. The van der Waals surface area contributed by atoms with Gasteiger partial charge in [-0.3, -0.25) is 4.79 Å². The molecule has 2 aromatic rings. The van der Waals surface area contributed by atoms with Crippen LogP contribution in [0.5, 0.6) is 5.75 Å². The summed E-state index contributed by atoms with van der Waals surface area (Å²) in [5.74, 6) is 0.559. The van der Waals surface area contributed by atoms with Crippen LogP contribution in [0.1, 0.15) is 28.4 Å². The number of carbonyl (C=O) groups excluding carboxylic acids is 1. The van der Waals surface area contributed by atoms with Gasteiger partial charge >= 0.3 is 0 Å². The summed E-state index contributed by atoms with van der Waals surface area (Å²) in [7, 11) is -3.67. The topological polar surface area (TPSA) is 72.5 Å². The van der Waals surface area contributed by atoms with Gasteiger partial charge in [-0.2, -0.15) is 0 Å². The van der Waals surface area contributed by atoms with Crippen molar-refractivity contribution in [1.29, 1.82) is 0 Å². The Morgan fingerprint density at radius 2 is 1.88 bits per heavy atom. The monoisotopic (exact) mass is 347 g/mol. The van der Waals surface area contributed by atoms with Gasteiger partial charge in [0.25, 0.3) is 0 Å². The van der Waals surface area contributed by atoms with Crippen molar-refractivity contribution in [2.24, 2.45) is 0 Å². The van der Waals surface area contributed by atoms with Crippen LogP contribution < -0.4 is 9.46 Å². The normalized spacial score (nSPS) is 11.3. The summed E-state index contributed by atoms with van der Waals surface area (Å²) in [6.07, 6.45) is 0. The van der Waals surface area contributed by atoms with Crippen LogP contribution >= 0.6 is 0 Å². The summed E-state index contributed by atoms with van der Waals surface area (Å²) in [5, 5.41) is 0. The number of carbonyl (C=O) groups is 1. The van der Waals surface area contributed by atoms with Crippen LogP contribution in [0.25, 0.3) is 0 Å². The maximum absolute atomic E-state index is 12.3. The minimum Gasteiger partial charge on any atom is -0.492 e. The van der Waals surface area contributed by atoms with Crippen molar-refractivity contribution in [2.75, 3.05) is 13.2 Å². The zero-order chi connectivity index (χ0) is 17.7. The fourth-order valence-corrected chi connectivity index (χ4v) is 3.32. The molecule has 0 amide bonds. The van der Waals surface area contributed by atoms with Gasteiger partial charge in [-0.1, -0.05) is 29.8 Å². The molecule has 0 unspecified atom stereocenters. The third-order valence-electron chi connectivity index (χ3n) is 3.53. The van der Waals surface area contributed by atoms with Gasteiger partial charge in [0, 0.05) is 12.1 Å². The Kier molecular flexibility index (Phi) is 5.75. The largest absolute Gasteiger partial charge is 0.492 e. The molecule has 0 aliphatic heterocycles. The highest BCUT2D eigenvalue weighted by Gasteiger charge is 2.14. The third-order valence-corrected chi connectivity index (χ3v) is 4.99. The number of sulfonamides is 1. The van der Waals surface area contributed by atoms with E-state index in [9.17, 15) is 13.2 Å². The van der Waals surface area contributed by atoms with Gasteiger partial charge in [0.05, 0.1) is 4.90 Å². The predicted molar refractivity (Wildman–Crippen MR) is 93.0 cm³/mol. The summed E-state index contributed by atoms with van der Waals surface area (Å²) in [4.78, 5) is 11.4. The maximum atomic E-state index is 12.3. The van der Waals surface area contributed by atoms with E-state index >= 15 is 0 Å². The second-order valence-electron chi connectivity index (χ2n) is 5.60. The first-order valence-electron chi connectivity index (χ1n) is 7.60. The number of aryl methyl sites for hydroxylation is 2. The number of hydrogen-bond donors (Lipinski definition) is 1. The first-order chi connectivity index (χ1) is 11.3. The molecule has 2 rings (SSSR count). The van der Waals surface area contributed by atoms with Crippen molar-refractivity contribution in [3.63, 3.8) is 0 Å². The Morgan fingerprint density at radius 1 is 1.12 bits per heavy atom. The van der Waals surface area contributed by atoms with Crippen molar-refractivity contribution >= 4 is 15.8 Å². The van der Waals surface area contributed by atoms with Crippen molar-refractivity contribution in [3.8, 4) is 5.75 Å². The number of hydrogen-bond acceptors (Lipinski definition) is 4. The zero-order valence-electron chi connectivity index (χ0n) is 14.0. The standard InChI is InChI=1S/C18H21NO4S/c1-13-7-8-18(14(2)11-13)23-10-9-19-24(21,22)17-6-4-5-16(12-17)15(3)20/h4-8,11-12,19H,9-10H2,1-3H3. The third kappa shape index (κ3) is 4.66. The average molecular weight is 347 g/mol. The predicted octanol–water partition coefficient (Wildman–Crippen LogP) is 2.86. The molecule has 1 N–H and O–H groups in total. The molecule has 0 bridgehead atoms. The zero-order valence-corrected chi connectivity index (χ0v) is 14.8. The molecule has 6 heteroatoms. The fraction of sp³-hybridized carbons (Fsp3) is 0.278. The second-order valence-corrected chi connectivity index (χ2v) is 7.37. The molecular weight excluding hydrogens is 326 g/mol. The average Bonchev–Trinajstić information content (AvgIpc) is 2.53. The first kappa shape index (κ1) is 18.2. The van der Waals surface area contributed by atoms with E-state index in [0.717, 1.165) is 16.9 Å². The van der Waals surface area contributed by atoms with Crippen molar-refractivity contribution < 1.29 is 17.9 Å². The smallest absolute Gasteiger partial charge is 0.240 e. The van der Waals surface area contributed by atoms with Gasteiger partial charge in [-0.05, 0) is 44.5 Å². The van der Waals surface area contributed by atoms with Crippen LogP contribution in [0, 0.1) is 13.8 Å².